The number of aryl methyl sites for hydroxylation is 2. The second kappa shape index (κ2) is 4.51. The molecule has 98 valence electrons. The molecule has 0 unspecified atom stereocenters. The Hall–Kier alpha value is -2.15. The van der Waals surface area contributed by atoms with E-state index in [9.17, 15) is 4.79 Å². The van der Waals surface area contributed by atoms with Gasteiger partial charge < -0.3 is 5.11 Å². The molecule has 0 bridgehead atoms. The Morgan fingerprint density at radius 2 is 2.32 bits per heavy atom. The zero-order valence-corrected chi connectivity index (χ0v) is 11.1. The zero-order valence-electron chi connectivity index (χ0n) is 10.3. The summed E-state index contributed by atoms with van der Waals surface area (Å²) in [6, 6.07) is 0. The number of aliphatic carboxylic acids is 1. The van der Waals surface area contributed by atoms with Gasteiger partial charge >= 0.3 is 5.97 Å². The van der Waals surface area contributed by atoms with Crippen LogP contribution in [0.1, 0.15) is 12.1 Å². The van der Waals surface area contributed by atoms with E-state index < -0.39 is 5.97 Å². The predicted molar refractivity (Wildman–Crippen MR) is 71.2 cm³/mol. The first-order valence-electron chi connectivity index (χ1n) is 5.80. The van der Waals surface area contributed by atoms with E-state index >= 15 is 0 Å². The van der Waals surface area contributed by atoms with Crippen LogP contribution < -0.4 is 0 Å². The van der Waals surface area contributed by atoms with Crippen molar-refractivity contribution in [2.24, 2.45) is 7.05 Å². The number of carboxylic acid groups (broad SMARTS) is 1. The molecule has 19 heavy (non-hydrogen) atoms. The fraction of sp³-hybridized carbons (Fsp3) is 0.250. The number of rotatable bonds is 4. The summed E-state index contributed by atoms with van der Waals surface area (Å²) in [6.45, 7) is 0. The van der Waals surface area contributed by atoms with Gasteiger partial charge in [-0.05, 0) is 6.42 Å². The van der Waals surface area contributed by atoms with Crippen LogP contribution in [0, 0.1) is 0 Å². The van der Waals surface area contributed by atoms with Crippen molar-refractivity contribution in [2.75, 3.05) is 0 Å². The van der Waals surface area contributed by atoms with Crippen LogP contribution in [0.25, 0.3) is 16.2 Å². The molecule has 0 saturated heterocycles. The third-order valence-corrected chi connectivity index (χ3v) is 3.77. The van der Waals surface area contributed by atoms with Crippen molar-refractivity contribution in [1.29, 1.82) is 0 Å². The lowest BCUT2D eigenvalue weighted by molar-refractivity contribution is -0.136. The Morgan fingerprint density at radius 3 is 3.00 bits per heavy atom. The molecule has 0 saturated carbocycles. The number of aromatic nitrogens is 4. The number of carboxylic acids is 1. The lowest BCUT2D eigenvalue weighted by Gasteiger charge is -1.95. The molecular formula is C12H12N4O2S. The monoisotopic (exact) mass is 276 g/mol. The highest BCUT2D eigenvalue weighted by atomic mass is 32.1. The van der Waals surface area contributed by atoms with Crippen molar-refractivity contribution in [1.82, 2.24) is 19.2 Å². The van der Waals surface area contributed by atoms with Gasteiger partial charge in [-0.25, -0.2) is 4.98 Å². The quantitative estimate of drug-likeness (QED) is 0.789. The molecule has 0 aliphatic carbocycles. The SMILES string of the molecule is Cn1cc(-c2cn3c(CCC(=O)O)csc3n2)cn1. The highest BCUT2D eigenvalue weighted by Crippen LogP contribution is 2.23. The van der Waals surface area contributed by atoms with Gasteiger partial charge in [-0.2, -0.15) is 5.10 Å². The minimum absolute atomic E-state index is 0.131. The Bertz CT molecular complexity index is 740. The summed E-state index contributed by atoms with van der Waals surface area (Å²) in [4.78, 5) is 16.0. The molecule has 3 aromatic rings. The lowest BCUT2D eigenvalue weighted by Crippen LogP contribution is -1.99. The number of hydrogen-bond acceptors (Lipinski definition) is 4. The van der Waals surface area contributed by atoms with Crippen molar-refractivity contribution in [3.05, 3.63) is 29.7 Å². The third-order valence-electron chi connectivity index (χ3n) is 2.88. The summed E-state index contributed by atoms with van der Waals surface area (Å²) >= 11 is 1.52. The largest absolute Gasteiger partial charge is 0.481 e. The summed E-state index contributed by atoms with van der Waals surface area (Å²) in [5, 5.41) is 14.8. The summed E-state index contributed by atoms with van der Waals surface area (Å²) in [7, 11) is 1.86. The zero-order chi connectivity index (χ0) is 13.4. The maximum absolute atomic E-state index is 10.6. The van der Waals surface area contributed by atoms with Gasteiger partial charge in [0, 0.05) is 36.1 Å². The van der Waals surface area contributed by atoms with Crippen molar-refractivity contribution in [2.45, 2.75) is 12.8 Å². The second-order valence-corrected chi connectivity index (χ2v) is 5.14. The van der Waals surface area contributed by atoms with Crippen LogP contribution in [0.5, 0.6) is 0 Å². The number of nitrogens with zero attached hydrogens (tertiary/aromatic N) is 4. The highest BCUT2D eigenvalue weighted by molar-refractivity contribution is 7.15. The maximum atomic E-state index is 10.6. The van der Waals surface area contributed by atoms with Gasteiger partial charge in [0.05, 0.1) is 18.3 Å². The van der Waals surface area contributed by atoms with E-state index in [1.165, 1.54) is 11.3 Å². The molecule has 0 aliphatic rings. The van der Waals surface area contributed by atoms with Crippen LogP contribution in [0.2, 0.25) is 0 Å². The van der Waals surface area contributed by atoms with Crippen LogP contribution in [-0.4, -0.2) is 30.2 Å². The molecule has 3 aromatic heterocycles. The normalized spacial score (nSPS) is 11.2. The van der Waals surface area contributed by atoms with Gasteiger partial charge in [0.1, 0.15) is 0 Å². The minimum atomic E-state index is -0.785. The van der Waals surface area contributed by atoms with E-state index in [4.69, 9.17) is 5.11 Å². The molecule has 3 heterocycles. The van der Waals surface area contributed by atoms with E-state index in [0.717, 1.165) is 21.9 Å². The summed E-state index contributed by atoms with van der Waals surface area (Å²) in [6.07, 6.45) is 6.25. The Morgan fingerprint density at radius 1 is 1.47 bits per heavy atom. The molecular weight excluding hydrogens is 264 g/mol. The molecule has 0 aliphatic heterocycles. The average molecular weight is 276 g/mol. The first kappa shape index (κ1) is 11.9. The molecule has 0 radical (unpaired) electrons. The van der Waals surface area contributed by atoms with Crippen molar-refractivity contribution < 1.29 is 9.90 Å². The molecule has 6 nitrogen and oxygen atoms in total. The van der Waals surface area contributed by atoms with E-state index in [1.54, 1.807) is 10.9 Å². The molecule has 1 N–H and O–H groups in total. The smallest absolute Gasteiger partial charge is 0.303 e. The van der Waals surface area contributed by atoms with Gasteiger partial charge in [0.15, 0.2) is 4.96 Å². The number of carbonyl (C=O) groups is 1. The molecule has 0 amide bonds. The minimum Gasteiger partial charge on any atom is -0.481 e. The van der Waals surface area contributed by atoms with Crippen LogP contribution >= 0.6 is 11.3 Å². The Labute approximate surface area is 112 Å². The fourth-order valence-electron chi connectivity index (χ4n) is 1.94. The second-order valence-electron chi connectivity index (χ2n) is 4.30. The van der Waals surface area contributed by atoms with E-state index in [1.807, 2.05) is 29.2 Å². The van der Waals surface area contributed by atoms with Crippen LogP contribution in [0.15, 0.2) is 24.0 Å². The standard InChI is InChI=1S/C12H12N4O2S/c1-15-5-8(4-13-15)10-6-16-9(2-3-11(17)18)7-19-12(16)14-10/h4-7H,2-3H2,1H3,(H,17,18). The van der Waals surface area contributed by atoms with Gasteiger partial charge in [-0.15, -0.1) is 11.3 Å². The van der Waals surface area contributed by atoms with Gasteiger partial charge in [0.2, 0.25) is 0 Å². The predicted octanol–water partition coefficient (Wildman–Crippen LogP) is 1.81. The Balaban J connectivity index is 1.95. The van der Waals surface area contributed by atoms with Crippen molar-refractivity contribution >= 4 is 22.3 Å². The molecule has 0 aromatic carbocycles. The summed E-state index contributed by atoms with van der Waals surface area (Å²) < 4.78 is 3.68. The molecule has 7 heteroatoms. The number of fused-ring (bicyclic) bond motifs is 1. The van der Waals surface area contributed by atoms with Crippen LogP contribution in [0.4, 0.5) is 0 Å². The average Bonchev–Trinajstić information content (AvgIpc) is 3.00. The van der Waals surface area contributed by atoms with E-state index in [2.05, 4.69) is 10.1 Å². The lowest BCUT2D eigenvalue weighted by atomic mass is 10.2. The van der Waals surface area contributed by atoms with Crippen molar-refractivity contribution in [3.8, 4) is 11.3 Å². The van der Waals surface area contributed by atoms with E-state index in [-0.39, 0.29) is 6.42 Å². The highest BCUT2D eigenvalue weighted by Gasteiger charge is 2.11. The van der Waals surface area contributed by atoms with Crippen LogP contribution in [-0.2, 0) is 18.3 Å². The fourth-order valence-corrected chi connectivity index (χ4v) is 2.84. The number of thiazole rings is 1. The van der Waals surface area contributed by atoms with Gasteiger partial charge in [-0.1, -0.05) is 0 Å². The van der Waals surface area contributed by atoms with E-state index in [0.29, 0.717) is 6.42 Å². The summed E-state index contributed by atoms with van der Waals surface area (Å²) in [5.74, 6) is -0.785. The molecule has 3 rings (SSSR count). The molecule has 0 spiro atoms. The van der Waals surface area contributed by atoms with Gasteiger partial charge in [-0.3, -0.25) is 13.9 Å². The Kier molecular flexibility index (Phi) is 2.83. The first-order chi connectivity index (χ1) is 9.13. The third kappa shape index (κ3) is 2.24. The first-order valence-corrected chi connectivity index (χ1v) is 6.68. The topological polar surface area (TPSA) is 72.4 Å². The number of hydrogen-bond donors (Lipinski definition) is 1. The molecule has 0 fully saturated rings. The number of imidazole rings is 1. The summed E-state index contributed by atoms with van der Waals surface area (Å²) in [5.41, 5.74) is 2.80. The maximum Gasteiger partial charge on any atom is 0.303 e. The molecule has 0 atom stereocenters. The van der Waals surface area contributed by atoms with Crippen molar-refractivity contribution in [3.63, 3.8) is 0 Å². The van der Waals surface area contributed by atoms with Gasteiger partial charge in [0.25, 0.3) is 0 Å². The van der Waals surface area contributed by atoms with Crippen LogP contribution in [0.3, 0.4) is 0 Å².